The first-order chi connectivity index (χ1) is 11.4. The number of barbiturate groups is 1. The molecule has 0 unspecified atom stereocenters. The summed E-state index contributed by atoms with van der Waals surface area (Å²) < 4.78 is 0. The molecule has 3 rings (SSSR count). The molecule has 6 heteroatoms. The number of nitrogens with one attached hydrogen (secondary N) is 1. The van der Waals surface area contributed by atoms with Crippen LogP contribution in [-0.2, 0) is 9.59 Å². The van der Waals surface area contributed by atoms with Crippen molar-refractivity contribution in [3.8, 4) is 0 Å². The monoisotopic (exact) mass is 340 g/mol. The number of nitrogens with zero attached hydrogens (tertiary/aromatic N) is 1. The smallest absolute Gasteiger partial charge is 0.273 e. The van der Waals surface area contributed by atoms with Crippen molar-refractivity contribution in [3.63, 3.8) is 0 Å². The minimum atomic E-state index is -0.728. The molecule has 0 atom stereocenters. The van der Waals surface area contributed by atoms with Gasteiger partial charge in [0.05, 0.1) is 5.69 Å². The molecule has 0 radical (unpaired) electrons. The predicted molar refractivity (Wildman–Crippen MR) is 94.0 cm³/mol. The van der Waals surface area contributed by atoms with E-state index in [4.69, 9.17) is 0 Å². The van der Waals surface area contributed by atoms with Crippen LogP contribution in [0.3, 0.4) is 0 Å². The van der Waals surface area contributed by atoms with Crippen molar-refractivity contribution >= 4 is 40.9 Å². The van der Waals surface area contributed by atoms with Gasteiger partial charge in [-0.1, -0.05) is 6.07 Å². The summed E-state index contributed by atoms with van der Waals surface area (Å²) >= 11 is 1.44. The van der Waals surface area contributed by atoms with Crippen molar-refractivity contribution in [2.24, 2.45) is 0 Å². The lowest BCUT2D eigenvalue weighted by Crippen LogP contribution is -2.54. The number of rotatable bonds is 2. The minimum absolute atomic E-state index is 0.0432. The molecule has 1 fully saturated rings. The molecule has 2 heterocycles. The highest BCUT2D eigenvalue weighted by atomic mass is 32.1. The fourth-order valence-electron chi connectivity index (χ4n) is 2.42. The highest BCUT2D eigenvalue weighted by Gasteiger charge is 2.37. The van der Waals surface area contributed by atoms with Crippen LogP contribution in [0.2, 0.25) is 0 Å². The summed E-state index contributed by atoms with van der Waals surface area (Å²) in [5.41, 5.74) is 3.40. The Morgan fingerprint density at radius 1 is 1.00 bits per heavy atom. The summed E-state index contributed by atoms with van der Waals surface area (Å²) in [5, 5.41) is 4.13. The molecule has 1 aliphatic rings. The highest BCUT2D eigenvalue weighted by Crippen LogP contribution is 2.26. The van der Waals surface area contributed by atoms with E-state index in [1.807, 2.05) is 38.3 Å². The number of anilines is 1. The minimum Gasteiger partial charge on any atom is -0.273 e. The number of carbonyl (C=O) groups is 3. The number of amides is 4. The number of benzene rings is 1. The van der Waals surface area contributed by atoms with Gasteiger partial charge >= 0.3 is 6.03 Å². The van der Waals surface area contributed by atoms with Crippen molar-refractivity contribution in [2.75, 3.05) is 4.90 Å². The van der Waals surface area contributed by atoms with E-state index >= 15 is 0 Å². The maximum absolute atomic E-state index is 12.8. The molecule has 1 saturated heterocycles. The Morgan fingerprint density at radius 3 is 2.38 bits per heavy atom. The second kappa shape index (κ2) is 6.05. The summed E-state index contributed by atoms with van der Waals surface area (Å²) in [7, 11) is 0. The van der Waals surface area contributed by atoms with E-state index in [0.29, 0.717) is 5.69 Å². The van der Waals surface area contributed by atoms with Gasteiger partial charge < -0.3 is 0 Å². The van der Waals surface area contributed by atoms with Crippen molar-refractivity contribution < 1.29 is 14.4 Å². The van der Waals surface area contributed by atoms with E-state index in [1.165, 1.54) is 17.4 Å². The van der Waals surface area contributed by atoms with Crippen LogP contribution < -0.4 is 10.2 Å². The number of carbonyl (C=O) groups excluding carboxylic acids is 3. The van der Waals surface area contributed by atoms with Crippen LogP contribution in [0.25, 0.3) is 6.08 Å². The van der Waals surface area contributed by atoms with Crippen molar-refractivity contribution in [2.45, 2.75) is 20.8 Å². The molecule has 0 aliphatic carbocycles. The molecule has 0 saturated carbocycles. The fourth-order valence-corrected chi connectivity index (χ4v) is 3.28. The topological polar surface area (TPSA) is 66.5 Å². The zero-order chi connectivity index (χ0) is 17.4. The first kappa shape index (κ1) is 16.1. The van der Waals surface area contributed by atoms with Crippen LogP contribution >= 0.6 is 11.3 Å². The quantitative estimate of drug-likeness (QED) is 0.673. The zero-order valence-electron chi connectivity index (χ0n) is 13.5. The third kappa shape index (κ3) is 2.76. The zero-order valence-corrected chi connectivity index (χ0v) is 14.4. The molecule has 1 aliphatic heterocycles. The molecule has 1 aromatic heterocycles. The Balaban J connectivity index is 2.04. The summed E-state index contributed by atoms with van der Waals surface area (Å²) in [6.07, 6.45) is 1.54. The lowest BCUT2D eigenvalue weighted by molar-refractivity contribution is -0.122. The standard InChI is InChI=1S/C18H16N2O3S/c1-10-4-5-13(8-12(10)3)20-17(22)14(16(21)19-18(20)23)9-15-11(2)6-7-24-15/h4-9H,1-3H3,(H,19,21,23)/b14-9+. The molecule has 5 nitrogen and oxygen atoms in total. The summed E-state index contributed by atoms with van der Waals surface area (Å²) in [4.78, 5) is 38.9. The highest BCUT2D eigenvalue weighted by molar-refractivity contribution is 7.11. The number of imide groups is 2. The van der Waals surface area contributed by atoms with Gasteiger partial charge in [-0.2, -0.15) is 0 Å². The molecular formula is C18H16N2O3S. The third-order valence-electron chi connectivity index (χ3n) is 4.03. The molecule has 1 N–H and O–H groups in total. The SMILES string of the molecule is Cc1ccc(N2C(=O)NC(=O)/C(=C\c3sccc3C)C2=O)cc1C. The molecule has 24 heavy (non-hydrogen) atoms. The lowest BCUT2D eigenvalue weighted by atomic mass is 10.1. The Morgan fingerprint density at radius 2 is 1.75 bits per heavy atom. The summed E-state index contributed by atoms with van der Waals surface area (Å²) in [6.45, 7) is 5.76. The first-order valence-electron chi connectivity index (χ1n) is 7.41. The van der Waals surface area contributed by atoms with Gasteiger partial charge in [-0.25, -0.2) is 9.69 Å². The molecule has 1 aromatic carbocycles. The van der Waals surface area contributed by atoms with Gasteiger partial charge in [-0.3, -0.25) is 14.9 Å². The van der Waals surface area contributed by atoms with Crippen LogP contribution in [0.4, 0.5) is 10.5 Å². The molecule has 4 amide bonds. The van der Waals surface area contributed by atoms with Gasteiger partial charge in [-0.15, -0.1) is 11.3 Å². The van der Waals surface area contributed by atoms with Gasteiger partial charge in [0.15, 0.2) is 0 Å². The number of aryl methyl sites for hydroxylation is 3. The number of urea groups is 1. The number of hydrogen-bond donors (Lipinski definition) is 1. The average Bonchev–Trinajstić information content (AvgIpc) is 2.92. The van der Waals surface area contributed by atoms with Gasteiger partial charge in [0.25, 0.3) is 11.8 Å². The first-order valence-corrected chi connectivity index (χ1v) is 8.29. The van der Waals surface area contributed by atoms with Crippen molar-refractivity contribution in [1.29, 1.82) is 0 Å². The molecule has 2 aromatic rings. The van der Waals surface area contributed by atoms with E-state index in [1.54, 1.807) is 12.1 Å². The Labute approximate surface area is 143 Å². The second-order valence-corrected chi connectivity index (χ2v) is 6.64. The summed E-state index contributed by atoms with van der Waals surface area (Å²) in [5.74, 6) is -1.28. The second-order valence-electron chi connectivity index (χ2n) is 5.69. The predicted octanol–water partition coefficient (Wildman–Crippen LogP) is 3.34. The third-order valence-corrected chi connectivity index (χ3v) is 4.99. The Bertz CT molecular complexity index is 895. The fraction of sp³-hybridized carbons (Fsp3) is 0.167. The normalized spacial score (nSPS) is 16.7. The van der Waals surface area contributed by atoms with Gasteiger partial charge in [0.2, 0.25) is 0 Å². The molecule has 122 valence electrons. The lowest BCUT2D eigenvalue weighted by Gasteiger charge is -2.26. The van der Waals surface area contributed by atoms with Crippen LogP contribution in [0.5, 0.6) is 0 Å². The van der Waals surface area contributed by atoms with Gasteiger partial charge in [0.1, 0.15) is 5.57 Å². The largest absolute Gasteiger partial charge is 0.335 e. The molecule has 0 bridgehead atoms. The average molecular weight is 340 g/mol. The maximum Gasteiger partial charge on any atom is 0.335 e. The van der Waals surface area contributed by atoms with Crippen molar-refractivity contribution in [1.82, 2.24) is 5.32 Å². The van der Waals surface area contributed by atoms with E-state index in [-0.39, 0.29) is 5.57 Å². The van der Waals surface area contributed by atoms with Gasteiger partial charge in [-0.05, 0) is 67.1 Å². The molecular weight excluding hydrogens is 324 g/mol. The van der Waals surface area contributed by atoms with Crippen LogP contribution in [0.15, 0.2) is 35.2 Å². The van der Waals surface area contributed by atoms with E-state index in [9.17, 15) is 14.4 Å². The Kier molecular flexibility index (Phi) is 4.07. The van der Waals surface area contributed by atoms with Crippen LogP contribution in [0, 0.1) is 20.8 Å². The summed E-state index contributed by atoms with van der Waals surface area (Å²) in [6, 6.07) is 6.48. The van der Waals surface area contributed by atoms with Gasteiger partial charge in [0, 0.05) is 4.88 Å². The van der Waals surface area contributed by atoms with Crippen molar-refractivity contribution in [3.05, 3.63) is 56.8 Å². The maximum atomic E-state index is 12.8. The molecule has 0 spiro atoms. The van der Waals surface area contributed by atoms with Crippen LogP contribution in [0.1, 0.15) is 21.6 Å². The Hall–Kier alpha value is -2.73. The number of thiophene rings is 1. The van der Waals surface area contributed by atoms with E-state index in [0.717, 1.165) is 26.5 Å². The number of hydrogen-bond acceptors (Lipinski definition) is 4. The van der Waals surface area contributed by atoms with E-state index in [2.05, 4.69) is 5.32 Å². The van der Waals surface area contributed by atoms with E-state index < -0.39 is 17.8 Å². The van der Waals surface area contributed by atoms with Crippen LogP contribution in [-0.4, -0.2) is 17.8 Å².